The van der Waals surface area contributed by atoms with Crippen molar-refractivity contribution in [2.24, 2.45) is 5.41 Å². The van der Waals surface area contributed by atoms with Crippen molar-refractivity contribution >= 4 is 27.5 Å². The summed E-state index contributed by atoms with van der Waals surface area (Å²) in [5, 5.41) is 0. The van der Waals surface area contributed by atoms with Gasteiger partial charge in [-0.3, -0.25) is 4.79 Å². The fourth-order valence-electron chi connectivity index (χ4n) is 3.69. The van der Waals surface area contributed by atoms with Crippen molar-refractivity contribution in [2.75, 3.05) is 18.8 Å². The molecule has 2 N–H and O–H groups in total. The number of hydrogen-bond donors (Lipinski definition) is 1. The minimum atomic E-state index is 0.108. The third kappa shape index (κ3) is 2.46. The van der Waals surface area contributed by atoms with E-state index in [1.165, 1.54) is 38.5 Å². The molecular weight excluding hydrogens is 316 g/mol. The first-order valence-corrected chi connectivity index (χ1v) is 8.24. The van der Waals surface area contributed by atoms with Gasteiger partial charge in [-0.05, 0) is 59.2 Å². The van der Waals surface area contributed by atoms with Gasteiger partial charge in [-0.1, -0.05) is 18.9 Å². The van der Waals surface area contributed by atoms with Gasteiger partial charge in [0.25, 0.3) is 5.91 Å². The number of hydrogen-bond acceptors (Lipinski definition) is 2. The molecule has 20 heavy (non-hydrogen) atoms. The molecule has 1 spiro atoms. The highest BCUT2D eigenvalue weighted by Gasteiger charge is 2.38. The number of rotatable bonds is 1. The highest BCUT2D eigenvalue weighted by Crippen LogP contribution is 2.46. The molecule has 0 radical (unpaired) electrons. The number of carbonyl (C=O) groups is 1. The second-order valence-electron chi connectivity index (χ2n) is 6.21. The molecule has 3 nitrogen and oxygen atoms in total. The van der Waals surface area contributed by atoms with Crippen molar-refractivity contribution in [3.8, 4) is 0 Å². The van der Waals surface area contributed by atoms with Crippen LogP contribution in [0.25, 0.3) is 0 Å². The topological polar surface area (TPSA) is 46.3 Å². The van der Waals surface area contributed by atoms with E-state index in [4.69, 9.17) is 5.73 Å². The summed E-state index contributed by atoms with van der Waals surface area (Å²) in [5.74, 6) is 0.108. The smallest absolute Gasteiger partial charge is 0.255 e. The zero-order valence-electron chi connectivity index (χ0n) is 11.7. The monoisotopic (exact) mass is 336 g/mol. The highest BCUT2D eigenvalue weighted by molar-refractivity contribution is 9.10. The van der Waals surface area contributed by atoms with Crippen LogP contribution in [-0.4, -0.2) is 23.9 Å². The van der Waals surface area contributed by atoms with Gasteiger partial charge in [-0.2, -0.15) is 0 Å². The Bertz CT molecular complexity index is 513. The fourth-order valence-corrected chi connectivity index (χ4v) is 4.13. The van der Waals surface area contributed by atoms with E-state index in [-0.39, 0.29) is 5.91 Å². The molecule has 3 rings (SSSR count). The van der Waals surface area contributed by atoms with E-state index in [2.05, 4.69) is 15.9 Å². The number of likely N-dealkylation sites (tertiary alicyclic amines) is 1. The molecular formula is C16H21BrN2O. The summed E-state index contributed by atoms with van der Waals surface area (Å²) in [5.41, 5.74) is 7.72. The van der Waals surface area contributed by atoms with Gasteiger partial charge in [0.15, 0.2) is 0 Å². The first-order valence-electron chi connectivity index (χ1n) is 7.45. The molecule has 1 aliphatic heterocycles. The van der Waals surface area contributed by atoms with Crippen LogP contribution in [0.3, 0.4) is 0 Å². The lowest BCUT2D eigenvalue weighted by Gasteiger charge is -2.39. The second kappa shape index (κ2) is 5.40. The molecule has 0 atom stereocenters. The van der Waals surface area contributed by atoms with Crippen molar-refractivity contribution in [2.45, 2.75) is 38.5 Å². The first-order chi connectivity index (χ1) is 9.61. The van der Waals surface area contributed by atoms with E-state index < -0.39 is 0 Å². The molecule has 1 saturated carbocycles. The van der Waals surface area contributed by atoms with Gasteiger partial charge >= 0.3 is 0 Å². The van der Waals surface area contributed by atoms with Crippen LogP contribution in [0.1, 0.15) is 48.9 Å². The molecule has 1 aliphatic carbocycles. The average molecular weight is 337 g/mol. The molecule has 108 valence electrons. The minimum Gasteiger partial charge on any atom is -0.398 e. The minimum absolute atomic E-state index is 0.108. The maximum Gasteiger partial charge on any atom is 0.255 e. The van der Waals surface area contributed by atoms with Crippen molar-refractivity contribution < 1.29 is 4.79 Å². The van der Waals surface area contributed by atoms with Gasteiger partial charge in [-0.25, -0.2) is 0 Å². The Kier molecular flexibility index (Phi) is 3.76. The Morgan fingerprint density at radius 3 is 2.45 bits per heavy atom. The third-order valence-corrected chi connectivity index (χ3v) is 5.92. The quantitative estimate of drug-likeness (QED) is 0.792. The number of piperidine rings is 1. The largest absolute Gasteiger partial charge is 0.398 e. The van der Waals surface area contributed by atoms with E-state index in [0.717, 1.165) is 17.6 Å². The van der Waals surface area contributed by atoms with Gasteiger partial charge in [-0.15, -0.1) is 0 Å². The fraction of sp³-hybridized carbons (Fsp3) is 0.562. The number of benzene rings is 1. The lowest BCUT2D eigenvalue weighted by molar-refractivity contribution is 0.0586. The summed E-state index contributed by atoms with van der Waals surface area (Å²) in [4.78, 5) is 14.6. The van der Waals surface area contributed by atoms with Crippen LogP contribution >= 0.6 is 15.9 Å². The Labute approximate surface area is 128 Å². The predicted octanol–water partition coefficient (Wildman–Crippen LogP) is 3.83. The van der Waals surface area contributed by atoms with E-state index in [1.807, 2.05) is 23.1 Å². The lowest BCUT2D eigenvalue weighted by Crippen LogP contribution is -2.42. The number of anilines is 1. The van der Waals surface area contributed by atoms with E-state index in [0.29, 0.717) is 16.7 Å². The van der Waals surface area contributed by atoms with E-state index in [9.17, 15) is 4.79 Å². The maximum atomic E-state index is 12.6. The molecule has 2 aliphatic rings. The number of amides is 1. The molecule has 1 amide bonds. The molecule has 0 aromatic heterocycles. The van der Waals surface area contributed by atoms with E-state index >= 15 is 0 Å². The van der Waals surface area contributed by atoms with Crippen LogP contribution < -0.4 is 5.73 Å². The number of nitrogens with zero attached hydrogens (tertiary/aromatic N) is 1. The molecule has 1 aromatic rings. The standard InChI is InChI=1S/C16H21BrN2O/c17-14-12(4-3-5-13(14)18)15(20)19-10-8-16(9-11-19)6-1-2-7-16/h3-5H,1-2,6-11,18H2. The average Bonchev–Trinajstić information content (AvgIpc) is 2.90. The summed E-state index contributed by atoms with van der Waals surface area (Å²) in [6.45, 7) is 1.78. The summed E-state index contributed by atoms with van der Waals surface area (Å²) in [6, 6.07) is 5.50. The SMILES string of the molecule is Nc1cccc(C(=O)N2CCC3(CCCC3)CC2)c1Br. The van der Waals surface area contributed by atoms with Crippen LogP contribution in [0, 0.1) is 5.41 Å². The highest BCUT2D eigenvalue weighted by atomic mass is 79.9. The molecule has 1 saturated heterocycles. The Morgan fingerprint density at radius 1 is 1.15 bits per heavy atom. The zero-order chi connectivity index (χ0) is 14.2. The van der Waals surface area contributed by atoms with Crippen LogP contribution in [0.4, 0.5) is 5.69 Å². The van der Waals surface area contributed by atoms with Crippen LogP contribution in [0.15, 0.2) is 22.7 Å². The van der Waals surface area contributed by atoms with Gasteiger partial charge < -0.3 is 10.6 Å². The van der Waals surface area contributed by atoms with Crippen molar-refractivity contribution in [1.82, 2.24) is 4.90 Å². The van der Waals surface area contributed by atoms with Gasteiger partial charge in [0.05, 0.1) is 10.0 Å². The number of carbonyl (C=O) groups excluding carboxylic acids is 1. The molecule has 1 heterocycles. The normalized spacial score (nSPS) is 21.4. The van der Waals surface area contributed by atoms with E-state index in [1.54, 1.807) is 0 Å². The van der Waals surface area contributed by atoms with Crippen molar-refractivity contribution in [3.05, 3.63) is 28.2 Å². The van der Waals surface area contributed by atoms with Crippen molar-refractivity contribution in [1.29, 1.82) is 0 Å². The summed E-state index contributed by atoms with van der Waals surface area (Å²) < 4.78 is 0.728. The number of nitrogens with two attached hydrogens (primary N) is 1. The molecule has 2 fully saturated rings. The van der Waals surface area contributed by atoms with Crippen LogP contribution in [-0.2, 0) is 0 Å². The maximum absolute atomic E-state index is 12.6. The zero-order valence-corrected chi connectivity index (χ0v) is 13.3. The molecule has 1 aromatic carbocycles. The number of nitrogen functional groups attached to an aromatic ring is 1. The predicted molar refractivity (Wildman–Crippen MR) is 84.6 cm³/mol. The van der Waals surface area contributed by atoms with Gasteiger partial charge in [0.2, 0.25) is 0 Å². The molecule has 0 bridgehead atoms. The Balaban J connectivity index is 1.71. The number of halogens is 1. The Hall–Kier alpha value is -1.03. The summed E-state index contributed by atoms with van der Waals surface area (Å²) in [6.07, 6.45) is 7.79. The van der Waals surface area contributed by atoms with Crippen molar-refractivity contribution in [3.63, 3.8) is 0 Å². The van der Waals surface area contributed by atoms with Gasteiger partial charge in [0.1, 0.15) is 0 Å². The first kappa shape index (κ1) is 13.9. The summed E-state index contributed by atoms with van der Waals surface area (Å²) >= 11 is 3.43. The summed E-state index contributed by atoms with van der Waals surface area (Å²) in [7, 11) is 0. The second-order valence-corrected chi connectivity index (χ2v) is 7.00. The lowest BCUT2D eigenvalue weighted by atomic mass is 9.77. The van der Waals surface area contributed by atoms with Crippen LogP contribution in [0.5, 0.6) is 0 Å². The van der Waals surface area contributed by atoms with Crippen LogP contribution in [0.2, 0.25) is 0 Å². The van der Waals surface area contributed by atoms with Gasteiger partial charge in [0, 0.05) is 18.8 Å². The molecule has 4 heteroatoms. The molecule has 0 unspecified atom stereocenters. The third-order valence-electron chi connectivity index (χ3n) is 5.03. The Morgan fingerprint density at radius 2 is 1.80 bits per heavy atom.